The van der Waals surface area contributed by atoms with Crippen LogP contribution in [-0.2, 0) is 6.54 Å². The maximum atomic E-state index is 13.2. The molecule has 0 aliphatic rings. The van der Waals surface area contributed by atoms with E-state index in [1.807, 2.05) is 0 Å². The van der Waals surface area contributed by atoms with Crippen LogP contribution in [0.3, 0.4) is 0 Å². The van der Waals surface area contributed by atoms with Crippen LogP contribution >= 0.6 is 15.9 Å². The number of hydrogen-bond acceptors (Lipinski definition) is 4. The minimum Gasteiger partial charge on any atom is -0.366 e. The van der Waals surface area contributed by atoms with Crippen molar-refractivity contribution >= 4 is 27.4 Å². The first kappa shape index (κ1) is 12.8. The van der Waals surface area contributed by atoms with Gasteiger partial charge in [0, 0.05) is 17.1 Å². The fourth-order valence-corrected chi connectivity index (χ4v) is 2.16. The van der Waals surface area contributed by atoms with Gasteiger partial charge in [-0.2, -0.15) is 5.10 Å². The molecule has 8 heteroatoms. The lowest BCUT2D eigenvalue weighted by Crippen LogP contribution is -2.10. The third-order valence-corrected chi connectivity index (χ3v) is 3.55. The molecule has 0 radical (unpaired) electrons. The standard InChI is InChI=1S/C12H9BrFN5O/c13-9-2-1-8(14)3-7(9)5-15-10-4-11-17-18-12(20)19(11)6-16-10/h1-4,6,15H,5H2,(H,18,20). The summed E-state index contributed by atoms with van der Waals surface area (Å²) in [5, 5.41) is 9.22. The topological polar surface area (TPSA) is 75.1 Å². The lowest BCUT2D eigenvalue weighted by molar-refractivity contribution is 0.625. The molecule has 3 rings (SSSR count). The van der Waals surface area contributed by atoms with Crippen LogP contribution in [0.1, 0.15) is 5.56 Å². The second kappa shape index (κ2) is 5.04. The van der Waals surface area contributed by atoms with E-state index in [2.05, 4.69) is 36.4 Å². The van der Waals surface area contributed by atoms with Crippen LogP contribution in [-0.4, -0.2) is 19.6 Å². The molecule has 1 aromatic carbocycles. The van der Waals surface area contributed by atoms with Crippen molar-refractivity contribution in [3.8, 4) is 0 Å². The number of rotatable bonds is 3. The van der Waals surface area contributed by atoms with Crippen molar-refractivity contribution in [1.82, 2.24) is 19.6 Å². The van der Waals surface area contributed by atoms with Gasteiger partial charge in [-0.1, -0.05) is 15.9 Å². The van der Waals surface area contributed by atoms with Gasteiger partial charge < -0.3 is 5.32 Å². The lowest BCUT2D eigenvalue weighted by Gasteiger charge is -2.07. The zero-order chi connectivity index (χ0) is 14.1. The van der Waals surface area contributed by atoms with Gasteiger partial charge in [0.25, 0.3) is 0 Å². The van der Waals surface area contributed by atoms with Gasteiger partial charge in [-0.05, 0) is 23.8 Å². The molecule has 6 nitrogen and oxygen atoms in total. The normalized spacial score (nSPS) is 10.9. The van der Waals surface area contributed by atoms with E-state index in [4.69, 9.17) is 0 Å². The summed E-state index contributed by atoms with van der Waals surface area (Å²) in [4.78, 5) is 15.4. The largest absolute Gasteiger partial charge is 0.366 e. The first-order chi connectivity index (χ1) is 9.63. The summed E-state index contributed by atoms with van der Waals surface area (Å²) in [6.07, 6.45) is 1.38. The molecule has 0 aliphatic carbocycles. The molecular weight excluding hydrogens is 329 g/mol. The molecule has 0 bridgehead atoms. The Hall–Kier alpha value is -2.22. The predicted molar refractivity (Wildman–Crippen MR) is 75.0 cm³/mol. The second-order valence-corrected chi connectivity index (χ2v) is 4.97. The minimum atomic E-state index is -0.341. The highest BCUT2D eigenvalue weighted by Crippen LogP contribution is 2.19. The molecule has 0 amide bonds. The third-order valence-electron chi connectivity index (χ3n) is 2.78. The van der Waals surface area contributed by atoms with Gasteiger partial charge in [0.1, 0.15) is 18.0 Å². The Morgan fingerprint density at radius 1 is 1.40 bits per heavy atom. The Morgan fingerprint density at radius 3 is 3.10 bits per heavy atom. The number of benzene rings is 1. The van der Waals surface area contributed by atoms with E-state index in [0.717, 1.165) is 10.0 Å². The van der Waals surface area contributed by atoms with Gasteiger partial charge in [-0.3, -0.25) is 0 Å². The molecule has 0 fully saturated rings. The molecule has 0 unspecified atom stereocenters. The van der Waals surface area contributed by atoms with Gasteiger partial charge in [0.2, 0.25) is 0 Å². The van der Waals surface area contributed by atoms with E-state index in [0.29, 0.717) is 18.0 Å². The van der Waals surface area contributed by atoms with Crippen LogP contribution in [0.15, 0.2) is 39.9 Å². The molecule has 2 heterocycles. The molecular formula is C12H9BrFN5O. The summed E-state index contributed by atoms with van der Waals surface area (Å²) >= 11 is 3.36. The van der Waals surface area contributed by atoms with Gasteiger partial charge >= 0.3 is 5.69 Å². The number of hydrogen-bond donors (Lipinski definition) is 2. The number of H-pyrrole nitrogens is 1. The van der Waals surface area contributed by atoms with Crippen LogP contribution in [0, 0.1) is 5.82 Å². The van der Waals surface area contributed by atoms with E-state index in [-0.39, 0.29) is 11.5 Å². The van der Waals surface area contributed by atoms with E-state index < -0.39 is 0 Å². The SMILES string of the molecule is O=c1[nH]nc2cc(NCc3cc(F)ccc3Br)ncn12. The number of anilines is 1. The van der Waals surface area contributed by atoms with E-state index in [1.54, 1.807) is 12.1 Å². The first-order valence-electron chi connectivity index (χ1n) is 5.74. The minimum absolute atomic E-state index is 0.299. The summed E-state index contributed by atoms with van der Waals surface area (Å²) < 4.78 is 15.3. The molecule has 0 saturated carbocycles. The van der Waals surface area contributed by atoms with Crippen molar-refractivity contribution in [2.24, 2.45) is 0 Å². The summed E-state index contributed by atoms with van der Waals surface area (Å²) in [6.45, 7) is 0.399. The summed E-state index contributed by atoms with van der Waals surface area (Å²) in [5.41, 5.74) is 0.892. The van der Waals surface area contributed by atoms with Crippen LogP contribution < -0.4 is 11.0 Å². The van der Waals surface area contributed by atoms with E-state index >= 15 is 0 Å². The molecule has 0 saturated heterocycles. The number of nitrogens with zero attached hydrogens (tertiary/aromatic N) is 3. The zero-order valence-corrected chi connectivity index (χ0v) is 11.7. The Kier molecular flexibility index (Phi) is 3.23. The predicted octanol–water partition coefficient (Wildman–Crippen LogP) is 1.93. The van der Waals surface area contributed by atoms with Crippen molar-refractivity contribution in [3.05, 3.63) is 56.9 Å². The molecule has 20 heavy (non-hydrogen) atoms. The maximum Gasteiger partial charge on any atom is 0.348 e. The average molecular weight is 338 g/mol. The smallest absolute Gasteiger partial charge is 0.348 e. The van der Waals surface area contributed by atoms with Crippen molar-refractivity contribution in [2.75, 3.05) is 5.32 Å². The average Bonchev–Trinajstić information content (AvgIpc) is 2.81. The Morgan fingerprint density at radius 2 is 2.25 bits per heavy atom. The van der Waals surface area contributed by atoms with Gasteiger partial charge in [-0.25, -0.2) is 23.7 Å². The quantitative estimate of drug-likeness (QED) is 0.765. The van der Waals surface area contributed by atoms with Crippen molar-refractivity contribution in [2.45, 2.75) is 6.54 Å². The summed E-state index contributed by atoms with van der Waals surface area (Å²) in [5.74, 6) is 0.250. The molecule has 2 N–H and O–H groups in total. The van der Waals surface area contributed by atoms with Gasteiger partial charge in [-0.15, -0.1) is 0 Å². The Bertz CT molecular complexity index is 828. The van der Waals surface area contributed by atoms with Crippen molar-refractivity contribution in [1.29, 1.82) is 0 Å². The lowest BCUT2D eigenvalue weighted by atomic mass is 10.2. The molecule has 0 atom stereocenters. The molecule has 0 spiro atoms. The number of aromatic amines is 1. The van der Waals surface area contributed by atoms with Gasteiger partial charge in [0.15, 0.2) is 5.65 Å². The zero-order valence-electron chi connectivity index (χ0n) is 10.1. The molecule has 2 aromatic heterocycles. The molecule has 102 valence electrons. The fourth-order valence-electron chi connectivity index (χ4n) is 1.77. The van der Waals surface area contributed by atoms with Crippen molar-refractivity contribution in [3.63, 3.8) is 0 Å². The fraction of sp³-hybridized carbons (Fsp3) is 0.0833. The number of nitrogens with one attached hydrogen (secondary N) is 2. The first-order valence-corrected chi connectivity index (χ1v) is 6.53. The number of aromatic nitrogens is 4. The highest BCUT2D eigenvalue weighted by atomic mass is 79.9. The number of halogens is 2. The highest BCUT2D eigenvalue weighted by molar-refractivity contribution is 9.10. The van der Waals surface area contributed by atoms with E-state index in [1.165, 1.54) is 22.9 Å². The summed E-state index contributed by atoms with van der Waals surface area (Å²) in [6, 6.07) is 6.10. The van der Waals surface area contributed by atoms with Gasteiger partial charge in [0.05, 0.1) is 0 Å². The third kappa shape index (κ3) is 2.42. The van der Waals surface area contributed by atoms with Crippen LogP contribution in [0.5, 0.6) is 0 Å². The van der Waals surface area contributed by atoms with Crippen molar-refractivity contribution < 1.29 is 4.39 Å². The highest BCUT2D eigenvalue weighted by Gasteiger charge is 2.05. The van der Waals surface area contributed by atoms with E-state index in [9.17, 15) is 9.18 Å². The summed E-state index contributed by atoms with van der Waals surface area (Å²) in [7, 11) is 0. The number of fused-ring (bicyclic) bond motifs is 1. The molecule has 3 aromatic rings. The van der Waals surface area contributed by atoms with Crippen LogP contribution in [0.4, 0.5) is 10.2 Å². The van der Waals surface area contributed by atoms with Crippen LogP contribution in [0.2, 0.25) is 0 Å². The maximum absolute atomic E-state index is 13.2. The monoisotopic (exact) mass is 337 g/mol. The second-order valence-electron chi connectivity index (χ2n) is 4.12. The Balaban J connectivity index is 1.83. The Labute approximate surface area is 120 Å². The molecule has 0 aliphatic heterocycles. The van der Waals surface area contributed by atoms with Crippen LogP contribution in [0.25, 0.3) is 5.65 Å².